The van der Waals surface area contributed by atoms with Gasteiger partial charge in [-0.25, -0.2) is 0 Å². The van der Waals surface area contributed by atoms with Crippen molar-refractivity contribution < 1.29 is 4.79 Å². The molecule has 1 aliphatic rings. The Morgan fingerprint density at radius 3 is 2.79 bits per heavy atom. The van der Waals surface area contributed by atoms with Crippen molar-refractivity contribution in [2.75, 3.05) is 16.8 Å². The minimum Gasteiger partial charge on any atom is -0.286 e. The van der Waals surface area contributed by atoms with Crippen molar-refractivity contribution in [2.24, 2.45) is 5.92 Å². The van der Waals surface area contributed by atoms with Gasteiger partial charge in [-0.1, -0.05) is 57.6 Å². The Balaban J connectivity index is 1.84. The molecule has 0 N–H and O–H groups in total. The van der Waals surface area contributed by atoms with Crippen molar-refractivity contribution in [3.05, 3.63) is 30.3 Å². The lowest BCUT2D eigenvalue weighted by molar-refractivity contribution is -0.117. The molecule has 0 spiro atoms. The average molecular weight is 338 g/mol. The summed E-state index contributed by atoms with van der Waals surface area (Å²) in [5.74, 6) is 0.511. The van der Waals surface area contributed by atoms with Crippen LogP contribution in [-0.4, -0.2) is 28.0 Å². The minimum absolute atomic E-state index is 0.139. The number of carbonyl (C=O) groups is 1. The lowest BCUT2D eigenvalue weighted by Gasteiger charge is -2.10. The number of rotatable bonds is 3. The van der Waals surface area contributed by atoms with Crippen molar-refractivity contribution in [2.45, 2.75) is 6.42 Å². The van der Waals surface area contributed by atoms with E-state index in [1.54, 1.807) is 4.90 Å². The highest BCUT2D eigenvalue weighted by molar-refractivity contribution is 9.09. The van der Waals surface area contributed by atoms with Crippen LogP contribution in [0.5, 0.6) is 0 Å². The van der Waals surface area contributed by atoms with Gasteiger partial charge in [0.05, 0.1) is 0 Å². The van der Waals surface area contributed by atoms with Crippen LogP contribution >= 0.6 is 27.3 Å². The molecule has 2 aromatic rings. The number of anilines is 1. The van der Waals surface area contributed by atoms with Gasteiger partial charge < -0.3 is 0 Å². The van der Waals surface area contributed by atoms with Crippen LogP contribution in [0.3, 0.4) is 0 Å². The molecule has 0 aliphatic carbocycles. The third-order valence-corrected chi connectivity index (χ3v) is 5.00. The van der Waals surface area contributed by atoms with Gasteiger partial charge in [0.1, 0.15) is 5.01 Å². The summed E-state index contributed by atoms with van der Waals surface area (Å²) in [7, 11) is 0. The lowest BCUT2D eigenvalue weighted by Crippen LogP contribution is -2.24. The zero-order valence-electron chi connectivity index (χ0n) is 10.1. The highest BCUT2D eigenvalue weighted by Gasteiger charge is 2.32. The molecule has 1 aromatic carbocycles. The van der Waals surface area contributed by atoms with E-state index in [1.165, 1.54) is 11.3 Å². The predicted octanol–water partition coefficient (Wildman–Crippen LogP) is 2.95. The molecule has 1 aliphatic heterocycles. The highest BCUT2D eigenvalue weighted by atomic mass is 79.9. The zero-order valence-corrected chi connectivity index (χ0v) is 12.5. The first-order valence-corrected chi connectivity index (χ1v) is 7.97. The first kappa shape index (κ1) is 12.7. The molecule has 19 heavy (non-hydrogen) atoms. The first-order valence-electron chi connectivity index (χ1n) is 6.03. The number of hydrogen-bond acceptors (Lipinski definition) is 4. The van der Waals surface area contributed by atoms with Crippen LogP contribution in [0.1, 0.15) is 6.42 Å². The molecule has 4 nitrogen and oxygen atoms in total. The molecule has 3 rings (SSSR count). The largest absolute Gasteiger partial charge is 0.286 e. The topological polar surface area (TPSA) is 46.1 Å². The van der Waals surface area contributed by atoms with Gasteiger partial charge in [-0.15, -0.1) is 10.2 Å². The normalized spacial score (nSPS) is 19.1. The van der Waals surface area contributed by atoms with Gasteiger partial charge in [0, 0.05) is 23.9 Å². The van der Waals surface area contributed by atoms with E-state index in [1.807, 2.05) is 30.3 Å². The van der Waals surface area contributed by atoms with Crippen molar-refractivity contribution in [1.82, 2.24) is 10.2 Å². The minimum atomic E-state index is 0.139. The average Bonchev–Trinajstić information content (AvgIpc) is 3.06. The highest BCUT2D eigenvalue weighted by Crippen LogP contribution is 2.32. The van der Waals surface area contributed by atoms with Crippen molar-refractivity contribution >= 4 is 38.3 Å². The maximum Gasteiger partial charge on any atom is 0.229 e. The monoisotopic (exact) mass is 337 g/mol. The molecule has 1 aromatic heterocycles. The molecule has 1 unspecified atom stereocenters. The van der Waals surface area contributed by atoms with Gasteiger partial charge in [0.25, 0.3) is 0 Å². The van der Waals surface area contributed by atoms with Crippen molar-refractivity contribution in [3.8, 4) is 10.6 Å². The summed E-state index contributed by atoms with van der Waals surface area (Å²) < 4.78 is 0. The maximum absolute atomic E-state index is 11.9. The number of hydrogen-bond donors (Lipinski definition) is 0. The summed E-state index contributed by atoms with van der Waals surface area (Å²) in [5, 5.41) is 10.7. The van der Waals surface area contributed by atoms with E-state index in [0.29, 0.717) is 17.5 Å². The number of benzene rings is 1. The second-order valence-corrected chi connectivity index (χ2v) is 6.09. The molecule has 2 heterocycles. The van der Waals surface area contributed by atoms with E-state index >= 15 is 0 Å². The van der Waals surface area contributed by atoms with Crippen LogP contribution in [0.4, 0.5) is 5.13 Å². The quantitative estimate of drug-likeness (QED) is 0.809. The van der Waals surface area contributed by atoms with Crippen LogP contribution < -0.4 is 4.90 Å². The number of carbonyl (C=O) groups excluding carboxylic acids is 1. The Hall–Kier alpha value is -1.27. The molecular weight excluding hydrogens is 326 g/mol. The van der Waals surface area contributed by atoms with E-state index in [4.69, 9.17) is 0 Å². The van der Waals surface area contributed by atoms with Crippen LogP contribution in [0.25, 0.3) is 10.6 Å². The van der Waals surface area contributed by atoms with Crippen LogP contribution in [0, 0.1) is 5.92 Å². The third-order valence-electron chi connectivity index (χ3n) is 3.09. The Morgan fingerprint density at radius 2 is 2.11 bits per heavy atom. The molecule has 0 radical (unpaired) electrons. The number of amides is 1. The van der Waals surface area contributed by atoms with E-state index < -0.39 is 0 Å². The summed E-state index contributed by atoms with van der Waals surface area (Å²) in [4.78, 5) is 13.7. The van der Waals surface area contributed by atoms with Gasteiger partial charge in [0.15, 0.2) is 0 Å². The maximum atomic E-state index is 11.9. The summed E-state index contributed by atoms with van der Waals surface area (Å²) in [6, 6.07) is 9.90. The molecule has 98 valence electrons. The summed E-state index contributed by atoms with van der Waals surface area (Å²) >= 11 is 4.90. The second-order valence-electron chi connectivity index (χ2n) is 4.48. The molecule has 1 fully saturated rings. The summed E-state index contributed by atoms with van der Waals surface area (Å²) in [5.41, 5.74) is 1.04. The van der Waals surface area contributed by atoms with Gasteiger partial charge in [-0.05, 0) is 5.92 Å². The van der Waals surface area contributed by atoms with Crippen molar-refractivity contribution in [3.63, 3.8) is 0 Å². The number of aromatic nitrogens is 2. The fraction of sp³-hybridized carbons (Fsp3) is 0.308. The fourth-order valence-electron chi connectivity index (χ4n) is 2.09. The standard InChI is InChI=1S/C13H12BrN3OS/c14-7-9-6-11(18)17(8-9)13-16-15-12(19-13)10-4-2-1-3-5-10/h1-5,9H,6-8H2. The van der Waals surface area contributed by atoms with Crippen LogP contribution in [-0.2, 0) is 4.79 Å². The van der Waals surface area contributed by atoms with E-state index in [9.17, 15) is 4.79 Å². The summed E-state index contributed by atoms with van der Waals surface area (Å²) in [6.07, 6.45) is 0.589. The number of nitrogens with zero attached hydrogens (tertiary/aromatic N) is 3. The lowest BCUT2D eigenvalue weighted by atomic mass is 10.2. The Kier molecular flexibility index (Phi) is 3.61. The molecule has 0 saturated carbocycles. The van der Waals surface area contributed by atoms with Crippen molar-refractivity contribution in [1.29, 1.82) is 0 Å². The molecule has 1 saturated heterocycles. The van der Waals surface area contributed by atoms with E-state index in [2.05, 4.69) is 26.1 Å². The Bertz CT molecular complexity index is 587. The smallest absolute Gasteiger partial charge is 0.229 e. The first-order chi connectivity index (χ1) is 9.28. The van der Waals surface area contributed by atoms with Gasteiger partial charge >= 0.3 is 0 Å². The van der Waals surface area contributed by atoms with E-state index in [0.717, 1.165) is 22.4 Å². The third kappa shape index (κ3) is 2.55. The van der Waals surface area contributed by atoms with E-state index in [-0.39, 0.29) is 5.91 Å². The fourth-order valence-corrected chi connectivity index (χ4v) is 3.40. The molecular formula is C13H12BrN3OS. The number of alkyl halides is 1. The Labute approximate surface area is 123 Å². The molecule has 6 heteroatoms. The van der Waals surface area contributed by atoms with Crippen LogP contribution in [0.2, 0.25) is 0 Å². The van der Waals surface area contributed by atoms with Crippen LogP contribution in [0.15, 0.2) is 30.3 Å². The zero-order chi connectivity index (χ0) is 13.2. The van der Waals surface area contributed by atoms with Gasteiger partial charge in [0.2, 0.25) is 11.0 Å². The SMILES string of the molecule is O=C1CC(CBr)CN1c1nnc(-c2ccccc2)s1. The Morgan fingerprint density at radius 1 is 1.32 bits per heavy atom. The number of halogens is 1. The van der Waals surface area contributed by atoms with Gasteiger partial charge in [-0.3, -0.25) is 9.69 Å². The second kappa shape index (κ2) is 5.38. The summed E-state index contributed by atoms with van der Waals surface area (Å²) in [6.45, 7) is 0.730. The molecule has 1 amide bonds. The molecule has 0 bridgehead atoms. The van der Waals surface area contributed by atoms with Gasteiger partial charge in [-0.2, -0.15) is 0 Å². The molecule has 1 atom stereocenters. The predicted molar refractivity (Wildman–Crippen MR) is 79.6 cm³/mol.